The molecular formula is C14H21NO. The molecule has 0 saturated heterocycles. The average Bonchev–Trinajstić information content (AvgIpc) is 3.10. The van der Waals surface area contributed by atoms with Crippen LogP contribution >= 0.6 is 0 Å². The number of benzene rings is 1. The lowest BCUT2D eigenvalue weighted by molar-refractivity contribution is 0.202. The Bertz CT molecular complexity index is 325. The molecule has 0 aromatic heterocycles. The molecule has 0 heterocycles. The molecule has 2 nitrogen and oxygen atoms in total. The van der Waals surface area contributed by atoms with E-state index in [0.717, 1.165) is 18.2 Å². The van der Waals surface area contributed by atoms with Gasteiger partial charge in [0.05, 0.1) is 6.61 Å². The van der Waals surface area contributed by atoms with Crippen LogP contribution in [-0.4, -0.2) is 22.1 Å². The molecule has 1 aliphatic carbocycles. The van der Waals surface area contributed by atoms with Crippen LogP contribution in [0.4, 0.5) is 0 Å². The van der Waals surface area contributed by atoms with Gasteiger partial charge in [-0.2, -0.15) is 0 Å². The van der Waals surface area contributed by atoms with E-state index in [1.54, 1.807) is 0 Å². The topological polar surface area (TPSA) is 23.5 Å². The molecule has 2 heteroatoms. The molecule has 1 saturated carbocycles. The van der Waals surface area contributed by atoms with Crippen molar-refractivity contribution in [2.45, 2.75) is 51.9 Å². The summed E-state index contributed by atoms with van der Waals surface area (Å²) in [4.78, 5) is 2.56. The number of nitrogens with zero attached hydrogens (tertiary/aromatic N) is 1. The van der Waals surface area contributed by atoms with Crippen LogP contribution in [0, 0.1) is 0 Å². The second-order valence-electron chi connectivity index (χ2n) is 4.97. The lowest BCUT2D eigenvalue weighted by atomic mass is 10.1. The quantitative estimate of drug-likeness (QED) is 0.822. The van der Waals surface area contributed by atoms with E-state index < -0.39 is 0 Å². The summed E-state index contributed by atoms with van der Waals surface area (Å²) in [6, 6.07) is 9.70. The van der Waals surface area contributed by atoms with Gasteiger partial charge in [-0.15, -0.1) is 0 Å². The van der Waals surface area contributed by atoms with Crippen molar-refractivity contribution in [1.82, 2.24) is 4.90 Å². The van der Waals surface area contributed by atoms with Gasteiger partial charge in [-0.3, -0.25) is 4.90 Å². The Hall–Kier alpha value is -0.860. The van der Waals surface area contributed by atoms with Crippen LogP contribution in [-0.2, 0) is 13.2 Å². The third-order valence-corrected chi connectivity index (χ3v) is 3.25. The fraction of sp³-hybridized carbons (Fsp3) is 0.571. The molecule has 0 aliphatic heterocycles. The van der Waals surface area contributed by atoms with E-state index in [2.05, 4.69) is 30.9 Å². The predicted molar refractivity (Wildman–Crippen MR) is 66.1 cm³/mol. The molecule has 1 fully saturated rings. The van der Waals surface area contributed by atoms with E-state index in [1.807, 2.05) is 12.1 Å². The lowest BCUT2D eigenvalue weighted by Crippen LogP contribution is -2.32. The van der Waals surface area contributed by atoms with E-state index in [1.165, 1.54) is 18.4 Å². The maximum atomic E-state index is 8.99. The van der Waals surface area contributed by atoms with Crippen LogP contribution in [0.2, 0.25) is 0 Å². The second-order valence-corrected chi connectivity index (χ2v) is 4.97. The summed E-state index contributed by atoms with van der Waals surface area (Å²) in [5.41, 5.74) is 2.34. The zero-order chi connectivity index (χ0) is 11.5. The summed E-state index contributed by atoms with van der Waals surface area (Å²) in [5, 5.41) is 8.99. The van der Waals surface area contributed by atoms with Gasteiger partial charge in [0.25, 0.3) is 0 Å². The van der Waals surface area contributed by atoms with Gasteiger partial charge in [0.2, 0.25) is 0 Å². The number of hydrogen-bond acceptors (Lipinski definition) is 2. The van der Waals surface area contributed by atoms with Crippen molar-refractivity contribution >= 4 is 0 Å². The highest BCUT2D eigenvalue weighted by molar-refractivity contribution is 5.22. The van der Waals surface area contributed by atoms with Crippen molar-refractivity contribution in [2.75, 3.05) is 0 Å². The van der Waals surface area contributed by atoms with E-state index in [-0.39, 0.29) is 6.61 Å². The molecule has 0 spiro atoms. The molecule has 2 rings (SSSR count). The molecule has 0 unspecified atom stereocenters. The molecule has 0 amide bonds. The highest BCUT2D eigenvalue weighted by Gasteiger charge is 2.30. The number of hydrogen-bond donors (Lipinski definition) is 1. The van der Waals surface area contributed by atoms with Crippen LogP contribution in [0.1, 0.15) is 37.8 Å². The highest BCUT2D eigenvalue weighted by Crippen LogP contribution is 2.30. The molecule has 16 heavy (non-hydrogen) atoms. The van der Waals surface area contributed by atoms with Crippen LogP contribution in [0.5, 0.6) is 0 Å². The van der Waals surface area contributed by atoms with Gasteiger partial charge >= 0.3 is 0 Å². The summed E-state index contributed by atoms with van der Waals surface area (Å²) in [6.45, 7) is 5.70. The summed E-state index contributed by atoms with van der Waals surface area (Å²) >= 11 is 0. The lowest BCUT2D eigenvalue weighted by Gasteiger charge is -2.26. The van der Waals surface area contributed by atoms with Crippen molar-refractivity contribution in [3.8, 4) is 0 Å². The molecule has 1 aromatic rings. The first-order valence-corrected chi connectivity index (χ1v) is 6.15. The van der Waals surface area contributed by atoms with Crippen LogP contribution in [0.15, 0.2) is 24.3 Å². The molecule has 1 N–H and O–H groups in total. The summed E-state index contributed by atoms with van der Waals surface area (Å²) in [6.07, 6.45) is 2.71. The Morgan fingerprint density at radius 2 is 1.75 bits per heavy atom. The fourth-order valence-corrected chi connectivity index (χ4v) is 2.10. The number of rotatable bonds is 5. The van der Waals surface area contributed by atoms with Crippen molar-refractivity contribution in [1.29, 1.82) is 0 Å². The smallest absolute Gasteiger partial charge is 0.0681 e. The Labute approximate surface area is 97.9 Å². The second kappa shape index (κ2) is 4.98. The minimum atomic E-state index is 0.136. The Morgan fingerprint density at radius 3 is 2.19 bits per heavy atom. The standard InChI is InChI=1S/C14H21NO/c1-11(2)15(14-7-8-14)9-12-3-5-13(10-16)6-4-12/h3-6,11,14,16H,7-10H2,1-2H3. The van der Waals surface area contributed by atoms with E-state index in [9.17, 15) is 0 Å². The molecular weight excluding hydrogens is 198 g/mol. The number of aliphatic hydroxyl groups excluding tert-OH is 1. The van der Waals surface area contributed by atoms with Crippen LogP contribution < -0.4 is 0 Å². The van der Waals surface area contributed by atoms with Gasteiger partial charge < -0.3 is 5.11 Å². The van der Waals surface area contributed by atoms with Gasteiger partial charge in [-0.25, -0.2) is 0 Å². The van der Waals surface area contributed by atoms with Crippen molar-refractivity contribution in [3.63, 3.8) is 0 Å². The third kappa shape index (κ3) is 2.83. The summed E-state index contributed by atoms with van der Waals surface area (Å²) in [7, 11) is 0. The van der Waals surface area contributed by atoms with Crippen molar-refractivity contribution < 1.29 is 5.11 Å². The van der Waals surface area contributed by atoms with Crippen LogP contribution in [0.3, 0.4) is 0 Å². The predicted octanol–water partition coefficient (Wildman–Crippen LogP) is 2.55. The van der Waals surface area contributed by atoms with Gasteiger partial charge in [0, 0.05) is 18.6 Å². The maximum absolute atomic E-state index is 8.99. The number of aliphatic hydroxyl groups is 1. The monoisotopic (exact) mass is 219 g/mol. The Balaban J connectivity index is 2.00. The zero-order valence-corrected chi connectivity index (χ0v) is 10.2. The molecule has 1 aromatic carbocycles. The van der Waals surface area contributed by atoms with Crippen molar-refractivity contribution in [2.24, 2.45) is 0 Å². The minimum Gasteiger partial charge on any atom is -0.392 e. The minimum absolute atomic E-state index is 0.136. The van der Waals surface area contributed by atoms with E-state index >= 15 is 0 Å². The molecule has 0 radical (unpaired) electrons. The van der Waals surface area contributed by atoms with Gasteiger partial charge in [-0.1, -0.05) is 24.3 Å². The normalized spacial score (nSPS) is 16.1. The van der Waals surface area contributed by atoms with Gasteiger partial charge in [0.1, 0.15) is 0 Å². The van der Waals surface area contributed by atoms with Crippen molar-refractivity contribution in [3.05, 3.63) is 35.4 Å². The summed E-state index contributed by atoms with van der Waals surface area (Å²) < 4.78 is 0. The third-order valence-electron chi connectivity index (χ3n) is 3.25. The fourth-order valence-electron chi connectivity index (χ4n) is 2.10. The SMILES string of the molecule is CC(C)N(Cc1ccc(CO)cc1)C1CC1. The zero-order valence-electron chi connectivity index (χ0n) is 10.2. The first kappa shape index (κ1) is 11.6. The van der Waals surface area contributed by atoms with Gasteiger partial charge in [-0.05, 0) is 37.8 Å². The summed E-state index contributed by atoms with van der Waals surface area (Å²) in [5.74, 6) is 0. The first-order valence-electron chi connectivity index (χ1n) is 6.15. The first-order chi connectivity index (χ1) is 7.70. The molecule has 0 bridgehead atoms. The van der Waals surface area contributed by atoms with E-state index in [0.29, 0.717) is 6.04 Å². The maximum Gasteiger partial charge on any atom is 0.0681 e. The Kier molecular flexibility index (Phi) is 3.62. The van der Waals surface area contributed by atoms with Gasteiger partial charge in [0.15, 0.2) is 0 Å². The largest absolute Gasteiger partial charge is 0.392 e. The van der Waals surface area contributed by atoms with Crippen LogP contribution in [0.25, 0.3) is 0 Å². The molecule has 0 atom stereocenters. The molecule has 1 aliphatic rings. The Morgan fingerprint density at radius 1 is 1.19 bits per heavy atom. The molecule has 88 valence electrons. The highest BCUT2D eigenvalue weighted by atomic mass is 16.3. The average molecular weight is 219 g/mol. The van der Waals surface area contributed by atoms with E-state index in [4.69, 9.17) is 5.11 Å².